The lowest BCUT2D eigenvalue weighted by molar-refractivity contribution is -0.137. The summed E-state index contributed by atoms with van der Waals surface area (Å²) in [5.41, 5.74) is -0.222. The van der Waals surface area contributed by atoms with Crippen LogP contribution in [-0.4, -0.2) is 19.1 Å². The van der Waals surface area contributed by atoms with Crippen LogP contribution in [0.15, 0.2) is 66.7 Å². The normalized spacial score (nSPS) is 10.8. The van der Waals surface area contributed by atoms with Crippen molar-refractivity contribution in [2.45, 2.75) is 6.18 Å². The molecule has 3 rings (SSSR count). The minimum absolute atomic E-state index is 0.0779. The van der Waals surface area contributed by atoms with E-state index >= 15 is 0 Å². The van der Waals surface area contributed by atoms with Crippen LogP contribution < -0.4 is 10.1 Å². The highest BCUT2D eigenvalue weighted by Crippen LogP contribution is 2.31. The van der Waals surface area contributed by atoms with Crippen molar-refractivity contribution in [3.05, 3.63) is 77.9 Å². The highest BCUT2D eigenvalue weighted by atomic mass is 19.4. The maximum atomic E-state index is 12.6. The number of nitrogens with one attached hydrogen (secondary N) is 1. The second-order valence-electron chi connectivity index (χ2n) is 5.88. The van der Waals surface area contributed by atoms with E-state index in [2.05, 4.69) is 17.2 Å². The van der Waals surface area contributed by atoms with E-state index in [4.69, 9.17) is 4.74 Å². The average Bonchev–Trinajstić information content (AvgIpc) is 2.69. The fourth-order valence-corrected chi connectivity index (χ4v) is 2.64. The van der Waals surface area contributed by atoms with Gasteiger partial charge in [0, 0.05) is 5.56 Å². The Labute approximate surface area is 160 Å². The predicted octanol–water partition coefficient (Wildman–Crippen LogP) is 4.67. The van der Waals surface area contributed by atoms with Crippen LogP contribution in [-0.2, 0) is 6.18 Å². The molecule has 0 saturated heterocycles. The van der Waals surface area contributed by atoms with Gasteiger partial charge < -0.3 is 10.1 Å². The van der Waals surface area contributed by atoms with E-state index in [0.29, 0.717) is 5.56 Å². The number of benzene rings is 3. The van der Waals surface area contributed by atoms with Crippen molar-refractivity contribution in [2.75, 3.05) is 13.2 Å². The third-order valence-corrected chi connectivity index (χ3v) is 3.97. The average molecular weight is 383 g/mol. The third-order valence-electron chi connectivity index (χ3n) is 3.97. The first-order chi connectivity index (χ1) is 13.4. The first-order valence-corrected chi connectivity index (χ1v) is 8.47. The first kappa shape index (κ1) is 19.3. The van der Waals surface area contributed by atoms with E-state index in [-0.39, 0.29) is 24.8 Å². The van der Waals surface area contributed by atoms with Gasteiger partial charge in [-0.3, -0.25) is 4.79 Å². The van der Waals surface area contributed by atoms with Crippen molar-refractivity contribution in [3.8, 4) is 17.6 Å². The largest absolute Gasteiger partial charge is 0.481 e. The molecule has 0 aliphatic carbocycles. The summed E-state index contributed by atoms with van der Waals surface area (Å²) in [6, 6.07) is 17.6. The number of carbonyl (C=O) groups excluding carboxylic acids is 1. The Hall–Kier alpha value is -3.46. The zero-order chi connectivity index (χ0) is 20.0. The van der Waals surface area contributed by atoms with Gasteiger partial charge >= 0.3 is 6.18 Å². The summed E-state index contributed by atoms with van der Waals surface area (Å²) in [5.74, 6) is 5.23. The molecule has 0 aromatic heterocycles. The molecule has 142 valence electrons. The molecule has 3 aromatic rings. The maximum absolute atomic E-state index is 12.6. The second kappa shape index (κ2) is 8.49. The Bertz CT molecular complexity index is 1040. The summed E-state index contributed by atoms with van der Waals surface area (Å²) < 4.78 is 43.1. The van der Waals surface area contributed by atoms with E-state index < -0.39 is 11.7 Å². The molecule has 0 fully saturated rings. The SMILES string of the molecule is O=C(NCC#CCOc1cccc(C(F)(F)F)c1)c1cccc2ccccc12. The molecule has 0 bridgehead atoms. The second-order valence-corrected chi connectivity index (χ2v) is 5.88. The van der Waals surface area contributed by atoms with Crippen molar-refractivity contribution in [2.24, 2.45) is 0 Å². The topological polar surface area (TPSA) is 38.3 Å². The lowest BCUT2D eigenvalue weighted by Gasteiger charge is -2.08. The number of hydrogen-bond acceptors (Lipinski definition) is 2. The third kappa shape index (κ3) is 4.83. The molecule has 0 spiro atoms. The predicted molar refractivity (Wildman–Crippen MR) is 101 cm³/mol. The minimum Gasteiger partial charge on any atom is -0.481 e. The van der Waals surface area contributed by atoms with E-state index in [0.717, 1.165) is 22.9 Å². The number of amides is 1. The van der Waals surface area contributed by atoms with Gasteiger partial charge in [0.2, 0.25) is 0 Å². The molecule has 0 atom stereocenters. The van der Waals surface area contributed by atoms with Crippen molar-refractivity contribution in [1.82, 2.24) is 5.32 Å². The smallest absolute Gasteiger partial charge is 0.416 e. The van der Waals surface area contributed by atoms with Gasteiger partial charge in [-0.2, -0.15) is 13.2 Å². The van der Waals surface area contributed by atoms with Gasteiger partial charge in [-0.15, -0.1) is 0 Å². The Morgan fingerprint density at radius 2 is 1.71 bits per heavy atom. The molecule has 3 aromatic carbocycles. The van der Waals surface area contributed by atoms with Crippen LogP contribution in [0.4, 0.5) is 13.2 Å². The number of hydrogen-bond donors (Lipinski definition) is 1. The molecule has 1 N–H and O–H groups in total. The molecule has 0 aliphatic heterocycles. The first-order valence-electron chi connectivity index (χ1n) is 8.47. The molecule has 3 nitrogen and oxygen atoms in total. The minimum atomic E-state index is -4.42. The standard InChI is InChI=1S/C22H16F3NO2/c23-22(24,25)17-9-6-10-18(15-17)28-14-4-3-13-26-21(27)20-12-5-8-16-7-1-2-11-19(16)20/h1-2,5-12,15H,13-14H2,(H,26,27). The van der Waals surface area contributed by atoms with Gasteiger partial charge in [-0.05, 0) is 35.0 Å². The Morgan fingerprint density at radius 3 is 2.54 bits per heavy atom. The van der Waals surface area contributed by atoms with E-state index in [9.17, 15) is 18.0 Å². The van der Waals surface area contributed by atoms with Gasteiger partial charge in [0.25, 0.3) is 5.91 Å². The van der Waals surface area contributed by atoms with E-state index in [1.807, 2.05) is 36.4 Å². The van der Waals surface area contributed by atoms with E-state index in [1.165, 1.54) is 12.1 Å². The molecule has 0 radical (unpaired) electrons. The Kier molecular flexibility index (Phi) is 5.85. The number of halogens is 3. The van der Waals surface area contributed by atoms with Crippen molar-refractivity contribution < 1.29 is 22.7 Å². The molecule has 28 heavy (non-hydrogen) atoms. The van der Waals surface area contributed by atoms with Crippen LogP contribution in [0.2, 0.25) is 0 Å². The summed E-state index contributed by atoms with van der Waals surface area (Å²) in [5, 5.41) is 4.52. The number of rotatable bonds is 4. The van der Waals surface area contributed by atoms with Gasteiger partial charge in [0.05, 0.1) is 12.1 Å². The van der Waals surface area contributed by atoms with Crippen molar-refractivity contribution in [3.63, 3.8) is 0 Å². The monoisotopic (exact) mass is 383 g/mol. The highest BCUT2D eigenvalue weighted by Gasteiger charge is 2.30. The van der Waals surface area contributed by atoms with Crippen LogP contribution in [0.25, 0.3) is 10.8 Å². The van der Waals surface area contributed by atoms with Crippen LogP contribution in [0.5, 0.6) is 5.75 Å². The van der Waals surface area contributed by atoms with E-state index in [1.54, 1.807) is 6.07 Å². The zero-order valence-electron chi connectivity index (χ0n) is 14.7. The fraction of sp³-hybridized carbons (Fsp3) is 0.136. The van der Waals surface area contributed by atoms with Crippen LogP contribution in [0, 0.1) is 11.8 Å². The lowest BCUT2D eigenvalue weighted by atomic mass is 10.0. The van der Waals surface area contributed by atoms with Gasteiger partial charge in [0.1, 0.15) is 12.4 Å². The summed E-state index contributed by atoms with van der Waals surface area (Å²) in [4.78, 5) is 12.3. The number of carbonyl (C=O) groups is 1. The van der Waals surface area contributed by atoms with Gasteiger partial charge in [-0.1, -0.05) is 54.3 Å². The molecular formula is C22H16F3NO2. The summed E-state index contributed by atoms with van der Waals surface area (Å²) in [7, 11) is 0. The van der Waals surface area contributed by atoms with Crippen LogP contribution in [0.3, 0.4) is 0 Å². The molecule has 0 heterocycles. The van der Waals surface area contributed by atoms with Gasteiger partial charge in [-0.25, -0.2) is 0 Å². The summed E-state index contributed by atoms with van der Waals surface area (Å²) in [6.45, 7) is 0.0272. The fourth-order valence-electron chi connectivity index (χ4n) is 2.64. The maximum Gasteiger partial charge on any atom is 0.416 e. The molecule has 0 saturated carbocycles. The molecular weight excluding hydrogens is 367 g/mol. The molecule has 0 aliphatic rings. The highest BCUT2D eigenvalue weighted by molar-refractivity contribution is 6.07. The zero-order valence-corrected chi connectivity index (χ0v) is 14.7. The van der Waals surface area contributed by atoms with Gasteiger partial charge in [0.15, 0.2) is 0 Å². The summed E-state index contributed by atoms with van der Waals surface area (Å²) >= 11 is 0. The summed E-state index contributed by atoms with van der Waals surface area (Å²) in [6.07, 6.45) is -4.42. The quantitative estimate of drug-likeness (QED) is 0.665. The van der Waals surface area contributed by atoms with Crippen LogP contribution >= 0.6 is 0 Å². The number of alkyl halides is 3. The Morgan fingerprint density at radius 1 is 0.964 bits per heavy atom. The number of fused-ring (bicyclic) bond motifs is 1. The van der Waals surface area contributed by atoms with Crippen molar-refractivity contribution >= 4 is 16.7 Å². The van der Waals surface area contributed by atoms with Crippen LogP contribution in [0.1, 0.15) is 15.9 Å². The Balaban J connectivity index is 1.52. The number of ether oxygens (including phenoxy) is 1. The molecule has 1 amide bonds. The molecule has 0 unspecified atom stereocenters. The van der Waals surface area contributed by atoms with Crippen molar-refractivity contribution in [1.29, 1.82) is 0 Å². The molecule has 6 heteroatoms. The lowest BCUT2D eigenvalue weighted by Crippen LogP contribution is -2.23.